The van der Waals surface area contributed by atoms with E-state index in [0.29, 0.717) is 6.61 Å². The van der Waals surface area contributed by atoms with Crippen LogP contribution in [0, 0.1) is 0 Å². The molecule has 0 N–H and O–H groups in total. The van der Waals surface area contributed by atoms with Crippen LogP contribution in [-0.2, 0) is 9.47 Å². The molecule has 0 saturated heterocycles. The van der Waals surface area contributed by atoms with Gasteiger partial charge in [0.15, 0.2) is 0 Å². The molecular formula is C12H25BrO2. The van der Waals surface area contributed by atoms with E-state index in [1.807, 2.05) is 0 Å². The van der Waals surface area contributed by atoms with Crippen LogP contribution in [0.15, 0.2) is 0 Å². The van der Waals surface area contributed by atoms with Crippen molar-refractivity contribution in [2.24, 2.45) is 0 Å². The number of hydrogen-bond acceptors (Lipinski definition) is 2. The third kappa shape index (κ3) is 12.3. The third-order valence-electron chi connectivity index (χ3n) is 2.34. The first-order chi connectivity index (χ1) is 7.31. The van der Waals surface area contributed by atoms with Gasteiger partial charge in [-0.2, -0.15) is 0 Å². The molecule has 15 heavy (non-hydrogen) atoms. The van der Waals surface area contributed by atoms with Gasteiger partial charge in [0, 0.05) is 18.5 Å². The minimum atomic E-state index is 0.708. The van der Waals surface area contributed by atoms with Crippen LogP contribution >= 0.6 is 15.9 Å². The van der Waals surface area contributed by atoms with Crippen molar-refractivity contribution < 1.29 is 9.47 Å². The molecule has 0 bridgehead atoms. The van der Waals surface area contributed by atoms with Crippen molar-refractivity contribution in [2.75, 3.05) is 26.9 Å². The van der Waals surface area contributed by atoms with Crippen LogP contribution in [0.5, 0.6) is 0 Å². The first-order valence-electron chi connectivity index (χ1n) is 6.02. The fourth-order valence-electron chi connectivity index (χ4n) is 1.45. The molecule has 0 rings (SSSR count). The van der Waals surface area contributed by atoms with Gasteiger partial charge >= 0.3 is 0 Å². The summed E-state index contributed by atoms with van der Waals surface area (Å²) in [6.07, 6.45) is 7.63. The standard InChI is InChI=1S/C12H25BrO2/c1-3-7-12(13)8-5-4-6-9-15-11-10-14-2/h12H,3-11H2,1-2H3. The lowest BCUT2D eigenvalue weighted by Gasteiger charge is -2.07. The quantitative estimate of drug-likeness (QED) is 0.424. The Morgan fingerprint density at radius 3 is 2.47 bits per heavy atom. The SMILES string of the molecule is CCCC(Br)CCCCCOCCOC. The zero-order chi connectivity index (χ0) is 11.4. The van der Waals surface area contributed by atoms with E-state index in [1.165, 1.54) is 38.5 Å². The normalized spacial score (nSPS) is 13.0. The van der Waals surface area contributed by atoms with Gasteiger partial charge in [-0.1, -0.05) is 42.1 Å². The van der Waals surface area contributed by atoms with Crippen LogP contribution in [-0.4, -0.2) is 31.8 Å². The average molecular weight is 281 g/mol. The Bertz CT molecular complexity index is 120. The Morgan fingerprint density at radius 2 is 1.80 bits per heavy atom. The van der Waals surface area contributed by atoms with Gasteiger partial charge in [-0.05, 0) is 19.3 Å². The van der Waals surface area contributed by atoms with E-state index in [1.54, 1.807) is 7.11 Å². The topological polar surface area (TPSA) is 18.5 Å². The molecule has 1 atom stereocenters. The second kappa shape index (κ2) is 12.5. The fourth-order valence-corrected chi connectivity index (χ4v) is 2.23. The highest BCUT2D eigenvalue weighted by Gasteiger charge is 2.01. The summed E-state index contributed by atoms with van der Waals surface area (Å²) in [5.74, 6) is 0. The third-order valence-corrected chi connectivity index (χ3v) is 3.26. The summed E-state index contributed by atoms with van der Waals surface area (Å²) in [5.41, 5.74) is 0. The summed E-state index contributed by atoms with van der Waals surface area (Å²) >= 11 is 3.69. The summed E-state index contributed by atoms with van der Waals surface area (Å²) in [7, 11) is 1.70. The van der Waals surface area contributed by atoms with Gasteiger partial charge in [0.1, 0.15) is 0 Å². The van der Waals surface area contributed by atoms with Crippen LogP contribution in [0.1, 0.15) is 45.4 Å². The highest BCUT2D eigenvalue weighted by atomic mass is 79.9. The molecule has 0 aliphatic rings. The summed E-state index contributed by atoms with van der Waals surface area (Å²) in [4.78, 5) is 0.719. The van der Waals surface area contributed by atoms with Crippen LogP contribution in [0.4, 0.5) is 0 Å². The zero-order valence-corrected chi connectivity index (χ0v) is 11.7. The summed E-state index contributed by atoms with van der Waals surface area (Å²) in [6.45, 7) is 4.55. The van der Waals surface area contributed by atoms with E-state index < -0.39 is 0 Å². The average Bonchev–Trinajstić information content (AvgIpc) is 2.22. The first kappa shape index (κ1) is 15.4. The van der Waals surface area contributed by atoms with Gasteiger partial charge in [-0.25, -0.2) is 0 Å². The van der Waals surface area contributed by atoms with Crippen LogP contribution in [0.2, 0.25) is 0 Å². The second-order valence-electron chi connectivity index (χ2n) is 3.84. The summed E-state index contributed by atoms with van der Waals surface area (Å²) < 4.78 is 10.3. The van der Waals surface area contributed by atoms with E-state index >= 15 is 0 Å². The fraction of sp³-hybridized carbons (Fsp3) is 1.00. The van der Waals surface area contributed by atoms with E-state index in [4.69, 9.17) is 9.47 Å². The molecule has 0 aliphatic heterocycles. The molecule has 0 fully saturated rings. The monoisotopic (exact) mass is 280 g/mol. The van der Waals surface area contributed by atoms with Crippen molar-refractivity contribution >= 4 is 15.9 Å². The van der Waals surface area contributed by atoms with Crippen molar-refractivity contribution in [2.45, 2.75) is 50.3 Å². The zero-order valence-electron chi connectivity index (χ0n) is 10.1. The second-order valence-corrected chi connectivity index (χ2v) is 5.14. The first-order valence-corrected chi connectivity index (χ1v) is 6.93. The number of halogens is 1. The number of ether oxygens (including phenoxy) is 2. The molecule has 1 unspecified atom stereocenters. The van der Waals surface area contributed by atoms with Crippen LogP contribution < -0.4 is 0 Å². The molecular weight excluding hydrogens is 256 g/mol. The lowest BCUT2D eigenvalue weighted by Crippen LogP contribution is -2.03. The molecule has 3 heteroatoms. The molecule has 2 nitrogen and oxygen atoms in total. The molecule has 0 heterocycles. The molecule has 0 spiro atoms. The van der Waals surface area contributed by atoms with Crippen molar-refractivity contribution in [3.05, 3.63) is 0 Å². The maximum absolute atomic E-state index is 5.39. The smallest absolute Gasteiger partial charge is 0.0700 e. The number of hydrogen-bond donors (Lipinski definition) is 0. The molecule has 0 aliphatic carbocycles. The Labute approximate surface area is 103 Å². The van der Waals surface area contributed by atoms with Crippen LogP contribution in [0.3, 0.4) is 0 Å². The van der Waals surface area contributed by atoms with Crippen molar-refractivity contribution in [1.29, 1.82) is 0 Å². The number of unbranched alkanes of at least 4 members (excludes halogenated alkanes) is 2. The molecule has 0 radical (unpaired) electrons. The van der Waals surface area contributed by atoms with Crippen molar-refractivity contribution in [1.82, 2.24) is 0 Å². The van der Waals surface area contributed by atoms with E-state index in [9.17, 15) is 0 Å². The predicted molar refractivity (Wildman–Crippen MR) is 68.8 cm³/mol. The van der Waals surface area contributed by atoms with E-state index in [-0.39, 0.29) is 0 Å². The number of alkyl halides is 1. The lowest BCUT2D eigenvalue weighted by atomic mass is 10.1. The van der Waals surface area contributed by atoms with Gasteiger partial charge in [-0.3, -0.25) is 0 Å². The molecule has 0 aromatic heterocycles. The number of rotatable bonds is 11. The maximum atomic E-state index is 5.39. The van der Waals surface area contributed by atoms with Crippen molar-refractivity contribution in [3.63, 3.8) is 0 Å². The lowest BCUT2D eigenvalue weighted by molar-refractivity contribution is 0.0686. The Morgan fingerprint density at radius 1 is 1.00 bits per heavy atom. The summed E-state index contributed by atoms with van der Waals surface area (Å²) in [6, 6.07) is 0. The van der Waals surface area contributed by atoms with Gasteiger partial charge in [0.05, 0.1) is 13.2 Å². The largest absolute Gasteiger partial charge is 0.382 e. The predicted octanol–water partition coefficient (Wildman–Crippen LogP) is 3.77. The Hall–Kier alpha value is 0.400. The Balaban J connectivity index is 2.98. The number of methoxy groups -OCH3 is 1. The highest BCUT2D eigenvalue weighted by Crippen LogP contribution is 2.15. The minimum Gasteiger partial charge on any atom is -0.382 e. The Kier molecular flexibility index (Phi) is 12.8. The van der Waals surface area contributed by atoms with E-state index in [2.05, 4.69) is 22.9 Å². The maximum Gasteiger partial charge on any atom is 0.0700 e. The van der Waals surface area contributed by atoms with Gasteiger partial charge in [0.2, 0.25) is 0 Å². The van der Waals surface area contributed by atoms with Gasteiger partial charge < -0.3 is 9.47 Å². The highest BCUT2D eigenvalue weighted by molar-refractivity contribution is 9.09. The molecule has 0 aromatic carbocycles. The molecule has 0 saturated carbocycles. The van der Waals surface area contributed by atoms with Gasteiger partial charge in [-0.15, -0.1) is 0 Å². The van der Waals surface area contributed by atoms with Crippen molar-refractivity contribution in [3.8, 4) is 0 Å². The van der Waals surface area contributed by atoms with E-state index in [0.717, 1.165) is 18.0 Å². The molecule has 0 amide bonds. The summed E-state index contributed by atoms with van der Waals surface area (Å²) in [5, 5.41) is 0. The minimum absolute atomic E-state index is 0.708. The van der Waals surface area contributed by atoms with Gasteiger partial charge in [0.25, 0.3) is 0 Å². The van der Waals surface area contributed by atoms with Crippen LogP contribution in [0.25, 0.3) is 0 Å². The molecule has 0 aromatic rings. The molecule has 92 valence electrons.